The molecule has 1 fully saturated rings. The quantitative estimate of drug-likeness (QED) is 0.689. The summed E-state index contributed by atoms with van der Waals surface area (Å²) in [6, 6.07) is 9.81. The summed E-state index contributed by atoms with van der Waals surface area (Å²) in [6.45, 7) is 7.84. The minimum atomic E-state index is -0.0264. The molecule has 0 unspecified atom stereocenters. The van der Waals surface area contributed by atoms with Crippen molar-refractivity contribution in [1.82, 2.24) is 14.9 Å². The Kier molecular flexibility index (Phi) is 7.27. The molecule has 1 aliphatic heterocycles. The normalized spacial score (nSPS) is 14.0. The Balaban J connectivity index is 1.59. The zero-order chi connectivity index (χ0) is 20.6. The molecule has 2 aromatic rings. The van der Waals surface area contributed by atoms with Crippen molar-refractivity contribution < 1.29 is 9.53 Å². The van der Waals surface area contributed by atoms with Crippen LogP contribution in [0.3, 0.4) is 0 Å². The van der Waals surface area contributed by atoms with Gasteiger partial charge in [0.25, 0.3) is 5.91 Å². The molecule has 3 rings (SSSR count). The van der Waals surface area contributed by atoms with Crippen molar-refractivity contribution in [3.05, 3.63) is 41.7 Å². The molecule has 0 aliphatic carbocycles. The smallest absolute Gasteiger partial charge is 0.272 e. The van der Waals surface area contributed by atoms with Crippen LogP contribution in [0, 0.1) is 6.92 Å². The van der Waals surface area contributed by atoms with Gasteiger partial charge in [-0.15, -0.1) is 0 Å². The van der Waals surface area contributed by atoms with Crippen molar-refractivity contribution >= 4 is 17.5 Å². The van der Waals surface area contributed by atoms with Crippen LogP contribution in [0.4, 0.5) is 11.6 Å². The number of nitrogens with one attached hydrogen (secondary N) is 1. The van der Waals surface area contributed by atoms with Gasteiger partial charge in [0.05, 0.1) is 7.11 Å². The highest BCUT2D eigenvalue weighted by molar-refractivity contribution is 5.92. The van der Waals surface area contributed by atoms with Crippen LogP contribution < -0.4 is 15.0 Å². The summed E-state index contributed by atoms with van der Waals surface area (Å²) >= 11 is 0. The minimum Gasteiger partial charge on any atom is -0.497 e. The first-order valence-corrected chi connectivity index (χ1v) is 10.4. The summed E-state index contributed by atoms with van der Waals surface area (Å²) in [5.74, 6) is 1.36. The largest absolute Gasteiger partial charge is 0.497 e. The highest BCUT2D eigenvalue weighted by Crippen LogP contribution is 2.21. The maximum absolute atomic E-state index is 13.0. The number of anilines is 2. The number of carbonyl (C=O) groups is 1. The van der Waals surface area contributed by atoms with Gasteiger partial charge in [-0.2, -0.15) is 0 Å². The van der Waals surface area contributed by atoms with Crippen LogP contribution in [0.5, 0.6) is 5.75 Å². The summed E-state index contributed by atoms with van der Waals surface area (Å²) in [7, 11) is 1.67. The third-order valence-electron chi connectivity index (χ3n) is 5.14. The first-order chi connectivity index (χ1) is 14.1. The van der Waals surface area contributed by atoms with Crippen molar-refractivity contribution in [2.24, 2.45) is 0 Å². The number of hydrogen-bond donors (Lipinski definition) is 1. The number of unbranched alkanes of at least 4 members (excludes halogenated alkanes) is 2. The highest BCUT2D eigenvalue weighted by atomic mass is 16.5. The second-order valence-electron chi connectivity index (χ2n) is 7.33. The van der Waals surface area contributed by atoms with Crippen LogP contribution >= 0.6 is 0 Å². The average Bonchev–Trinajstić information content (AvgIpc) is 2.76. The van der Waals surface area contributed by atoms with Crippen molar-refractivity contribution in [2.45, 2.75) is 33.1 Å². The lowest BCUT2D eigenvalue weighted by atomic mass is 10.2. The molecule has 2 heterocycles. The topological polar surface area (TPSA) is 70.6 Å². The predicted molar refractivity (Wildman–Crippen MR) is 116 cm³/mol. The maximum atomic E-state index is 13.0. The number of rotatable bonds is 8. The Bertz CT molecular complexity index is 801. The van der Waals surface area contributed by atoms with Crippen LogP contribution in [0.1, 0.15) is 42.4 Å². The third kappa shape index (κ3) is 5.59. The van der Waals surface area contributed by atoms with Gasteiger partial charge < -0.3 is 19.9 Å². The molecule has 0 saturated carbocycles. The molecule has 1 saturated heterocycles. The van der Waals surface area contributed by atoms with E-state index in [0.717, 1.165) is 43.2 Å². The zero-order valence-electron chi connectivity index (χ0n) is 17.6. The Morgan fingerprint density at radius 3 is 2.48 bits per heavy atom. The molecular formula is C22H31N5O2. The SMILES string of the molecule is CCCCCNc1nc(C)cc(C(=O)N2CCN(c3ccc(OC)cc3)CC2)n1. The van der Waals surface area contributed by atoms with Crippen molar-refractivity contribution in [3.63, 3.8) is 0 Å². The molecule has 0 bridgehead atoms. The van der Waals surface area contributed by atoms with Crippen molar-refractivity contribution in [2.75, 3.05) is 50.1 Å². The van der Waals surface area contributed by atoms with E-state index in [1.165, 1.54) is 12.8 Å². The number of amides is 1. The molecule has 7 nitrogen and oxygen atoms in total. The van der Waals surface area contributed by atoms with Crippen LogP contribution in [0.15, 0.2) is 30.3 Å². The number of nitrogens with zero attached hydrogens (tertiary/aromatic N) is 4. The standard InChI is InChI=1S/C22H31N5O2/c1-4-5-6-11-23-22-24-17(2)16-20(25-22)21(28)27-14-12-26(13-15-27)18-7-9-19(29-3)10-8-18/h7-10,16H,4-6,11-15H2,1-3H3,(H,23,24,25). The van der Waals surface area contributed by atoms with E-state index in [9.17, 15) is 4.79 Å². The Morgan fingerprint density at radius 2 is 1.83 bits per heavy atom. The van der Waals surface area contributed by atoms with E-state index in [-0.39, 0.29) is 5.91 Å². The summed E-state index contributed by atoms with van der Waals surface area (Å²) in [5, 5.41) is 3.24. The number of methoxy groups -OCH3 is 1. The molecular weight excluding hydrogens is 366 g/mol. The van der Waals surface area contributed by atoms with Gasteiger partial charge in [-0.25, -0.2) is 9.97 Å². The van der Waals surface area contributed by atoms with Crippen LogP contribution in [-0.4, -0.2) is 60.6 Å². The monoisotopic (exact) mass is 397 g/mol. The minimum absolute atomic E-state index is 0.0264. The van der Waals surface area contributed by atoms with E-state index in [1.807, 2.05) is 24.0 Å². The number of aryl methyl sites for hydroxylation is 1. The first kappa shape index (κ1) is 20.9. The lowest BCUT2D eigenvalue weighted by Crippen LogP contribution is -2.49. The Morgan fingerprint density at radius 1 is 1.10 bits per heavy atom. The molecule has 7 heteroatoms. The Labute approximate surface area is 173 Å². The predicted octanol–water partition coefficient (Wildman–Crippen LogP) is 3.36. The number of benzene rings is 1. The van der Waals surface area contributed by atoms with E-state index in [0.29, 0.717) is 24.7 Å². The van der Waals surface area contributed by atoms with E-state index < -0.39 is 0 Å². The summed E-state index contributed by atoms with van der Waals surface area (Å²) in [4.78, 5) is 26.0. The molecule has 0 atom stereocenters. The fourth-order valence-electron chi connectivity index (χ4n) is 3.46. The van der Waals surface area contributed by atoms with E-state index in [1.54, 1.807) is 13.2 Å². The molecule has 29 heavy (non-hydrogen) atoms. The average molecular weight is 398 g/mol. The van der Waals surface area contributed by atoms with Gasteiger partial charge in [-0.05, 0) is 43.7 Å². The first-order valence-electron chi connectivity index (χ1n) is 10.4. The molecule has 156 valence electrons. The molecule has 1 amide bonds. The second-order valence-corrected chi connectivity index (χ2v) is 7.33. The van der Waals surface area contributed by atoms with Gasteiger partial charge in [0.2, 0.25) is 5.95 Å². The molecule has 0 radical (unpaired) electrons. The lowest BCUT2D eigenvalue weighted by molar-refractivity contribution is 0.0740. The molecule has 1 N–H and O–H groups in total. The summed E-state index contributed by atoms with van der Waals surface area (Å²) in [6.07, 6.45) is 3.41. The van der Waals surface area contributed by atoms with Crippen LogP contribution in [0.2, 0.25) is 0 Å². The lowest BCUT2D eigenvalue weighted by Gasteiger charge is -2.36. The Hall–Kier alpha value is -2.83. The van der Waals surface area contributed by atoms with Crippen LogP contribution in [-0.2, 0) is 0 Å². The van der Waals surface area contributed by atoms with Gasteiger partial charge in [0, 0.05) is 44.1 Å². The number of carbonyl (C=O) groups excluding carboxylic acids is 1. The number of piperazine rings is 1. The summed E-state index contributed by atoms with van der Waals surface area (Å²) in [5.41, 5.74) is 2.42. The zero-order valence-corrected chi connectivity index (χ0v) is 17.6. The molecule has 1 aliphatic rings. The van der Waals surface area contributed by atoms with E-state index in [2.05, 4.69) is 39.2 Å². The molecule has 0 spiro atoms. The van der Waals surface area contributed by atoms with Crippen LogP contribution in [0.25, 0.3) is 0 Å². The fourth-order valence-corrected chi connectivity index (χ4v) is 3.46. The van der Waals surface area contributed by atoms with Gasteiger partial charge in [0.1, 0.15) is 11.4 Å². The van der Waals surface area contributed by atoms with Gasteiger partial charge >= 0.3 is 0 Å². The molecule has 1 aromatic carbocycles. The number of aromatic nitrogens is 2. The second kappa shape index (κ2) is 10.1. The van der Waals surface area contributed by atoms with Gasteiger partial charge in [-0.1, -0.05) is 19.8 Å². The maximum Gasteiger partial charge on any atom is 0.272 e. The molecule has 1 aromatic heterocycles. The fraction of sp³-hybridized carbons (Fsp3) is 0.500. The number of hydrogen-bond acceptors (Lipinski definition) is 6. The number of ether oxygens (including phenoxy) is 1. The van der Waals surface area contributed by atoms with Gasteiger partial charge in [0.15, 0.2) is 0 Å². The van der Waals surface area contributed by atoms with E-state index in [4.69, 9.17) is 4.74 Å². The highest BCUT2D eigenvalue weighted by Gasteiger charge is 2.24. The van der Waals surface area contributed by atoms with Crippen molar-refractivity contribution in [3.8, 4) is 5.75 Å². The summed E-state index contributed by atoms with van der Waals surface area (Å²) < 4.78 is 5.22. The van der Waals surface area contributed by atoms with E-state index >= 15 is 0 Å². The van der Waals surface area contributed by atoms with Gasteiger partial charge in [-0.3, -0.25) is 4.79 Å². The van der Waals surface area contributed by atoms with Crippen molar-refractivity contribution in [1.29, 1.82) is 0 Å². The third-order valence-corrected chi connectivity index (χ3v) is 5.14.